The van der Waals surface area contributed by atoms with Gasteiger partial charge >= 0.3 is 0 Å². The predicted molar refractivity (Wildman–Crippen MR) is 40.8 cm³/mol. The molecule has 0 aromatic heterocycles. The van der Waals surface area contributed by atoms with Gasteiger partial charge in [-0.2, -0.15) is 0 Å². The highest BCUT2D eigenvalue weighted by atomic mass is 16.6. The molecular formula is C8H12NO2+. The van der Waals surface area contributed by atoms with Crippen LogP contribution >= 0.6 is 0 Å². The molecule has 0 aliphatic carbocycles. The molecule has 1 aromatic rings. The first-order valence-electron chi connectivity index (χ1n) is 3.48. The number of ether oxygens (including phenoxy) is 1. The maximum atomic E-state index is 5.28. The Bertz CT molecular complexity index is 189. The van der Waals surface area contributed by atoms with E-state index in [1.807, 2.05) is 30.3 Å². The van der Waals surface area contributed by atoms with E-state index in [1.54, 1.807) is 0 Å². The summed E-state index contributed by atoms with van der Waals surface area (Å²) in [7, 11) is 0. The number of hydrogen-bond acceptors (Lipinski definition) is 2. The Balaban J connectivity index is 2.28. The van der Waals surface area contributed by atoms with Crippen molar-refractivity contribution in [3.05, 3.63) is 30.3 Å². The number of hydrogen-bond donors (Lipinski definition) is 1. The van der Waals surface area contributed by atoms with E-state index in [0.717, 1.165) is 5.75 Å². The summed E-state index contributed by atoms with van der Waals surface area (Å²) in [5.74, 6) is 4.10. The van der Waals surface area contributed by atoms with E-state index in [0.29, 0.717) is 13.2 Å². The first-order chi connectivity index (χ1) is 5.43. The topological polar surface area (TPSA) is 46.1 Å². The fourth-order valence-corrected chi connectivity index (χ4v) is 0.735. The van der Waals surface area contributed by atoms with Crippen LogP contribution in [0.15, 0.2) is 30.3 Å². The van der Waals surface area contributed by atoms with Gasteiger partial charge in [-0.05, 0) is 12.1 Å². The lowest BCUT2D eigenvalue weighted by Crippen LogP contribution is -2.49. The van der Waals surface area contributed by atoms with Crippen molar-refractivity contribution in [2.45, 2.75) is 0 Å². The molecule has 0 unspecified atom stereocenters. The minimum atomic E-state index is 0.523. The van der Waals surface area contributed by atoms with E-state index in [1.165, 1.54) is 0 Å². The molecule has 0 heterocycles. The third-order valence-corrected chi connectivity index (χ3v) is 1.24. The Kier molecular flexibility index (Phi) is 3.44. The Morgan fingerprint density at radius 1 is 1.09 bits per heavy atom. The second-order valence-corrected chi connectivity index (χ2v) is 2.07. The molecule has 0 saturated carbocycles. The molecule has 0 fully saturated rings. The molecule has 3 heteroatoms. The van der Waals surface area contributed by atoms with Crippen LogP contribution in [0.2, 0.25) is 0 Å². The predicted octanol–water partition coefficient (Wildman–Crippen LogP) is 0.239. The molecule has 0 radical (unpaired) electrons. The van der Waals surface area contributed by atoms with Crippen molar-refractivity contribution in [2.24, 2.45) is 0 Å². The van der Waals surface area contributed by atoms with Gasteiger partial charge in [0.1, 0.15) is 19.0 Å². The Morgan fingerprint density at radius 3 is 2.45 bits per heavy atom. The zero-order chi connectivity index (χ0) is 7.94. The molecule has 0 bridgehead atoms. The maximum Gasteiger partial charge on any atom is 0.140 e. The summed E-state index contributed by atoms with van der Waals surface area (Å²) in [4.78, 5) is 4.59. The van der Waals surface area contributed by atoms with Crippen molar-refractivity contribution in [1.82, 2.24) is 0 Å². The standard InChI is InChI=1S/C8H12NO2/c9-11-7-6-10-8-4-2-1-3-5-8/h1-5H,6-7H2,9H3/q+1. The molecule has 3 N–H and O–H groups in total. The van der Waals surface area contributed by atoms with Gasteiger partial charge in [-0.25, -0.2) is 10.7 Å². The molecule has 0 aliphatic heterocycles. The van der Waals surface area contributed by atoms with E-state index in [2.05, 4.69) is 10.7 Å². The SMILES string of the molecule is [NH3+]OCCOc1ccccc1. The minimum Gasteiger partial charge on any atom is -0.491 e. The molecule has 1 rings (SSSR count). The monoisotopic (exact) mass is 154 g/mol. The molecule has 1 aromatic carbocycles. The quantitative estimate of drug-likeness (QED) is 0.498. The van der Waals surface area contributed by atoms with Crippen molar-refractivity contribution in [3.63, 3.8) is 0 Å². The van der Waals surface area contributed by atoms with Crippen LogP contribution in [0.4, 0.5) is 0 Å². The van der Waals surface area contributed by atoms with Crippen molar-refractivity contribution in [1.29, 1.82) is 0 Å². The summed E-state index contributed by atoms with van der Waals surface area (Å²) < 4.78 is 5.28. The molecule has 0 aliphatic rings. The summed E-state index contributed by atoms with van der Waals surface area (Å²) in [5, 5.41) is 0. The largest absolute Gasteiger partial charge is 0.491 e. The fourth-order valence-electron chi connectivity index (χ4n) is 0.735. The normalized spacial score (nSPS) is 9.55. The van der Waals surface area contributed by atoms with Gasteiger partial charge in [-0.3, -0.25) is 0 Å². The highest BCUT2D eigenvalue weighted by Crippen LogP contribution is 2.07. The first-order valence-corrected chi connectivity index (χ1v) is 3.48. The summed E-state index contributed by atoms with van der Waals surface area (Å²) in [6, 6.07) is 9.62. The number of quaternary nitrogens is 1. The van der Waals surface area contributed by atoms with Crippen LogP contribution in [0.3, 0.4) is 0 Å². The van der Waals surface area contributed by atoms with E-state index in [9.17, 15) is 0 Å². The molecule has 0 amide bonds. The zero-order valence-electron chi connectivity index (χ0n) is 6.32. The first kappa shape index (κ1) is 8.04. The second-order valence-electron chi connectivity index (χ2n) is 2.07. The average molecular weight is 154 g/mol. The van der Waals surface area contributed by atoms with E-state index in [-0.39, 0.29) is 0 Å². The van der Waals surface area contributed by atoms with Crippen LogP contribution in [0.5, 0.6) is 5.75 Å². The lowest BCUT2D eigenvalue weighted by molar-refractivity contribution is -0.689. The van der Waals surface area contributed by atoms with Crippen molar-refractivity contribution < 1.29 is 15.5 Å². The molecule has 0 spiro atoms. The number of rotatable bonds is 4. The van der Waals surface area contributed by atoms with Crippen molar-refractivity contribution in [2.75, 3.05) is 13.2 Å². The van der Waals surface area contributed by atoms with Crippen LogP contribution < -0.4 is 10.6 Å². The fraction of sp³-hybridized carbons (Fsp3) is 0.250. The average Bonchev–Trinajstić information content (AvgIpc) is 2.07. The van der Waals surface area contributed by atoms with E-state index < -0.39 is 0 Å². The summed E-state index contributed by atoms with van der Waals surface area (Å²) in [6.07, 6.45) is 0. The lowest BCUT2D eigenvalue weighted by Gasteiger charge is -2.02. The Hall–Kier alpha value is -1.06. The highest BCUT2D eigenvalue weighted by molar-refractivity contribution is 5.20. The summed E-state index contributed by atoms with van der Waals surface area (Å²) in [6.45, 7) is 1.07. The molecular weight excluding hydrogens is 142 g/mol. The zero-order valence-corrected chi connectivity index (χ0v) is 6.32. The van der Waals surface area contributed by atoms with Crippen LogP contribution in [-0.4, -0.2) is 13.2 Å². The summed E-state index contributed by atoms with van der Waals surface area (Å²) in [5.41, 5.74) is 0. The van der Waals surface area contributed by atoms with Crippen LogP contribution in [0.1, 0.15) is 0 Å². The van der Waals surface area contributed by atoms with Gasteiger partial charge in [0.2, 0.25) is 0 Å². The van der Waals surface area contributed by atoms with Crippen molar-refractivity contribution in [3.8, 4) is 5.75 Å². The van der Waals surface area contributed by atoms with Gasteiger partial charge in [-0.1, -0.05) is 18.2 Å². The van der Waals surface area contributed by atoms with E-state index in [4.69, 9.17) is 4.74 Å². The smallest absolute Gasteiger partial charge is 0.140 e. The number of benzene rings is 1. The maximum absolute atomic E-state index is 5.28. The molecule has 11 heavy (non-hydrogen) atoms. The van der Waals surface area contributed by atoms with Gasteiger partial charge in [0.15, 0.2) is 0 Å². The molecule has 0 saturated heterocycles. The van der Waals surface area contributed by atoms with Gasteiger partial charge in [-0.15, -0.1) is 0 Å². The van der Waals surface area contributed by atoms with Gasteiger partial charge < -0.3 is 4.74 Å². The highest BCUT2D eigenvalue weighted by Gasteiger charge is 1.89. The summed E-state index contributed by atoms with van der Waals surface area (Å²) >= 11 is 0. The third kappa shape index (κ3) is 3.02. The minimum absolute atomic E-state index is 0.523. The van der Waals surface area contributed by atoms with Crippen LogP contribution in [0.25, 0.3) is 0 Å². The third-order valence-electron chi connectivity index (χ3n) is 1.24. The number of para-hydroxylation sites is 1. The Morgan fingerprint density at radius 2 is 1.82 bits per heavy atom. The second kappa shape index (κ2) is 4.71. The van der Waals surface area contributed by atoms with Gasteiger partial charge in [0.25, 0.3) is 0 Å². The van der Waals surface area contributed by atoms with E-state index >= 15 is 0 Å². The van der Waals surface area contributed by atoms with Gasteiger partial charge in [0.05, 0.1) is 0 Å². The van der Waals surface area contributed by atoms with Crippen LogP contribution in [0, 0.1) is 0 Å². The van der Waals surface area contributed by atoms with Crippen LogP contribution in [-0.2, 0) is 4.84 Å². The Labute approximate surface area is 65.7 Å². The lowest BCUT2D eigenvalue weighted by atomic mass is 10.3. The molecule has 0 atom stereocenters. The molecule has 60 valence electrons. The molecule has 3 nitrogen and oxygen atoms in total. The van der Waals surface area contributed by atoms with Gasteiger partial charge in [0, 0.05) is 0 Å². The van der Waals surface area contributed by atoms with Crippen molar-refractivity contribution >= 4 is 0 Å².